The van der Waals surface area contributed by atoms with Crippen LogP contribution >= 0.6 is 23.8 Å². The third kappa shape index (κ3) is 2.99. The fraction of sp³-hybridized carbons (Fsp3) is 0. The highest BCUT2D eigenvalue weighted by Gasteiger charge is 2.14. The first-order chi connectivity index (χ1) is 12.1. The molecule has 0 aliphatic heterocycles. The number of aromatic nitrogens is 3. The van der Waals surface area contributed by atoms with E-state index in [9.17, 15) is 0 Å². The summed E-state index contributed by atoms with van der Waals surface area (Å²) in [6.45, 7) is 0. The summed E-state index contributed by atoms with van der Waals surface area (Å²) in [4.78, 5) is 4.89. The zero-order valence-corrected chi connectivity index (χ0v) is 14.6. The Kier molecular flexibility index (Phi) is 3.95. The molecule has 0 fully saturated rings. The van der Waals surface area contributed by atoms with Crippen LogP contribution < -0.4 is 5.73 Å². The second-order valence-electron chi connectivity index (χ2n) is 5.59. The van der Waals surface area contributed by atoms with E-state index in [2.05, 4.69) is 10.1 Å². The number of hydrogen-bond donors (Lipinski definition) is 1. The molecule has 0 aliphatic carbocycles. The molecule has 25 heavy (non-hydrogen) atoms. The van der Waals surface area contributed by atoms with Gasteiger partial charge in [-0.3, -0.25) is 0 Å². The van der Waals surface area contributed by atoms with Crippen molar-refractivity contribution in [2.45, 2.75) is 0 Å². The van der Waals surface area contributed by atoms with Gasteiger partial charge in [-0.15, -0.1) is 5.10 Å². The highest BCUT2D eigenvalue weighted by Crippen LogP contribution is 2.25. The van der Waals surface area contributed by atoms with Crippen LogP contribution in [-0.4, -0.2) is 19.6 Å². The number of nitrogens with zero attached hydrogens (tertiary/aromatic N) is 3. The van der Waals surface area contributed by atoms with E-state index < -0.39 is 0 Å². The van der Waals surface area contributed by atoms with E-state index in [0.29, 0.717) is 22.1 Å². The van der Waals surface area contributed by atoms with Crippen LogP contribution in [0.25, 0.3) is 28.2 Å². The van der Waals surface area contributed by atoms with Crippen molar-refractivity contribution in [1.82, 2.24) is 14.6 Å². The van der Waals surface area contributed by atoms with Gasteiger partial charge in [0, 0.05) is 22.3 Å². The first-order valence-corrected chi connectivity index (χ1v) is 8.42. The number of rotatable bonds is 3. The van der Waals surface area contributed by atoms with Crippen molar-refractivity contribution in [3.63, 3.8) is 0 Å². The van der Waals surface area contributed by atoms with Crippen molar-refractivity contribution < 1.29 is 0 Å². The molecule has 6 heteroatoms. The standard InChI is InChI=1S/C19H13ClN4S/c20-15-8-4-7-13(9-15)18-22-19-16(17(21)25)10-14(11-24(19)23-18)12-5-2-1-3-6-12/h1-11H,(H2,21,25). The lowest BCUT2D eigenvalue weighted by atomic mass is 10.1. The Morgan fingerprint density at radius 1 is 0.960 bits per heavy atom. The number of hydrogen-bond acceptors (Lipinski definition) is 3. The van der Waals surface area contributed by atoms with Gasteiger partial charge in [0.2, 0.25) is 0 Å². The molecule has 0 saturated carbocycles. The third-order valence-corrected chi connectivity index (χ3v) is 4.34. The van der Waals surface area contributed by atoms with Crippen molar-refractivity contribution in [3.8, 4) is 22.5 Å². The molecule has 0 spiro atoms. The molecular weight excluding hydrogens is 352 g/mol. The largest absolute Gasteiger partial charge is 0.389 e. The van der Waals surface area contributed by atoms with Crippen LogP contribution in [0.5, 0.6) is 0 Å². The quantitative estimate of drug-likeness (QED) is 0.549. The van der Waals surface area contributed by atoms with Crippen molar-refractivity contribution in [2.75, 3.05) is 0 Å². The summed E-state index contributed by atoms with van der Waals surface area (Å²) < 4.78 is 1.72. The SMILES string of the molecule is NC(=S)c1cc(-c2ccccc2)cn2nc(-c3cccc(Cl)c3)nc12. The van der Waals surface area contributed by atoms with Crippen LogP contribution in [0.1, 0.15) is 5.56 Å². The molecule has 0 saturated heterocycles. The van der Waals surface area contributed by atoms with Crippen molar-refractivity contribution in [3.05, 3.63) is 77.4 Å². The molecule has 2 aromatic carbocycles. The highest BCUT2D eigenvalue weighted by atomic mass is 35.5. The van der Waals surface area contributed by atoms with Gasteiger partial charge in [-0.05, 0) is 23.8 Å². The minimum Gasteiger partial charge on any atom is -0.389 e. The molecule has 4 aromatic rings. The molecular formula is C19H13ClN4S. The number of thiocarbonyl (C=S) groups is 1. The number of halogens is 1. The molecule has 4 nitrogen and oxygen atoms in total. The molecule has 2 heterocycles. The van der Waals surface area contributed by atoms with Crippen LogP contribution in [0, 0.1) is 0 Å². The fourth-order valence-corrected chi connectivity index (χ4v) is 3.05. The summed E-state index contributed by atoms with van der Waals surface area (Å²) in [5, 5.41) is 5.22. The van der Waals surface area contributed by atoms with E-state index in [4.69, 9.17) is 29.6 Å². The first kappa shape index (κ1) is 15.7. The van der Waals surface area contributed by atoms with Gasteiger partial charge in [-0.2, -0.15) is 0 Å². The molecule has 0 unspecified atom stereocenters. The molecule has 0 radical (unpaired) electrons. The predicted octanol–water partition coefficient (Wildman–Crippen LogP) is 4.35. The summed E-state index contributed by atoms with van der Waals surface area (Å²) in [7, 11) is 0. The third-order valence-electron chi connectivity index (χ3n) is 3.89. The zero-order valence-electron chi connectivity index (χ0n) is 13.1. The predicted molar refractivity (Wildman–Crippen MR) is 105 cm³/mol. The van der Waals surface area contributed by atoms with E-state index in [1.807, 2.05) is 66.9 Å². The van der Waals surface area contributed by atoms with Gasteiger partial charge >= 0.3 is 0 Å². The molecule has 0 atom stereocenters. The average Bonchev–Trinajstić information content (AvgIpc) is 3.05. The van der Waals surface area contributed by atoms with Gasteiger partial charge in [0.15, 0.2) is 11.5 Å². The second-order valence-corrected chi connectivity index (χ2v) is 6.46. The van der Waals surface area contributed by atoms with E-state index in [0.717, 1.165) is 16.7 Å². The van der Waals surface area contributed by atoms with E-state index in [-0.39, 0.29) is 4.99 Å². The molecule has 0 bridgehead atoms. The Bertz CT molecular complexity index is 1090. The topological polar surface area (TPSA) is 56.2 Å². The van der Waals surface area contributed by atoms with Gasteiger partial charge in [0.25, 0.3) is 0 Å². The van der Waals surface area contributed by atoms with Gasteiger partial charge in [-0.1, -0.05) is 66.3 Å². The maximum Gasteiger partial charge on any atom is 0.182 e. The van der Waals surface area contributed by atoms with Gasteiger partial charge in [-0.25, -0.2) is 9.50 Å². The molecule has 4 rings (SSSR count). The summed E-state index contributed by atoms with van der Waals surface area (Å²) in [5.74, 6) is 0.574. The summed E-state index contributed by atoms with van der Waals surface area (Å²) in [6, 6.07) is 19.4. The van der Waals surface area contributed by atoms with Gasteiger partial charge in [0.05, 0.1) is 5.56 Å². The Balaban J connectivity index is 1.94. The smallest absolute Gasteiger partial charge is 0.182 e. The summed E-state index contributed by atoms with van der Waals surface area (Å²) in [5.41, 5.74) is 10.1. The Labute approximate surface area is 154 Å². The number of fused-ring (bicyclic) bond motifs is 1. The van der Waals surface area contributed by atoms with Crippen molar-refractivity contribution in [1.29, 1.82) is 0 Å². The van der Waals surface area contributed by atoms with Crippen LogP contribution in [0.3, 0.4) is 0 Å². The summed E-state index contributed by atoms with van der Waals surface area (Å²) in [6.07, 6.45) is 1.92. The molecule has 2 N–H and O–H groups in total. The van der Waals surface area contributed by atoms with E-state index in [1.165, 1.54) is 0 Å². The first-order valence-electron chi connectivity index (χ1n) is 7.63. The summed E-state index contributed by atoms with van der Waals surface area (Å²) >= 11 is 11.3. The molecule has 0 aliphatic rings. The minimum atomic E-state index is 0.285. The zero-order chi connectivity index (χ0) is 17.4. The van der Waals surface area contributed by atoms with Gasteiger partial charge in [0.1, 0.15) is 4.99 Å². The Morgan fingerprint density at radius 2 is 1.72 bits per heavy atom. The molecule has 2 aromatic heterocycles. The number of nitrogens with two attached hydrogens (primary N) is 1. The van der Waals surface area contributed by atoms with Crippen molar-refractivity contribution in [2.24, 2.45) is 5.73 Å². The number of benzene rings is 2. The van der Waals surface area contributed by atoms with Crippen LogP contribution in [0.4, 0.5) is 0 Å². The van der Waals surface area contributed by atoms with Crippen molar-refractivity contribution >= 4 is 34.5 Å². The Morgan fingerprint density at radius 3 is 2.44 bits per heavy atom. The average molecular weight is 365 g/mol. The monoisotopic (exact) mass is 364 g/mol. The highest BCUT2D eigenvalue weighted by molar-refractivity contribution is 7.80. The molecule has 0 amide bonds. The maximum atomic E-state index is 6.08. The second kappa shape index (κ2) is 6.27. The molecule has 122 valence electrons. The lowest BCUT2D eigenvalue weighted by Gasteiger charge is -2.06. The normalized spacial score (nSPS) is 10.9. The minimum absolute atomic E-state index is 0.285. The van der Waals surface area contributed by atoms with Gasteiger partial charge < -0.3 is 5.73 Å². The maximum absolute atomic E-state index is 6.08. The van der Waals surface area contributed by atoms with Crippen LogP contribution in [-0.2, 0) is 0 Å². The lowest BCUT2D eigenvalue weighted by molar-refractivity contribution is 0.966. The Hall–Kier alpha value is -2.76. The van der Waals surface area contributed by atoms with E-state index >= 15 is 0 Å². The lowest BCUT2D eigenvalue weighted by Crippen LogP contribution is -2.11. The van der Waals surface area contributed by atoms with Crippen LogP contribution in [0.2, 0.25) is 5.02 Å². The van der Waals surface area contributed by atoms with Crippen LogP contribution in [0.15, 0.2) is 66.9 Å². The number of pyridine rings is 1. The fourth-order valence-electron chi connectivity index (χ4n) is 2.71. The van der Waals surface area contributed by atoms with E-state index in [1.54, 1.807) is 4.52 Å².